The minimum atomic E-state index is -0.793. The first-order valence-corrected chi connectivity index (χ1v) is 22.9. The predicted molar refractivity (Wildman–Crippen MR) is 247 cm³/mol. The number of hydrogen-bond acceptors (Lipinski definition) is 6. The molecule has 0 bridgehead atoms. The largest absolute Gasteiger partial charge is 0.462 e. The van der Waals surface area contributed by atoms with E-state index >= 15 is 0 Å². The van der Waals surface area contributed by atoms with Crippen molar-refractivity contribution < 1.29 is 28.6 Å². The van der Waals surface area contributed by atoms with Crippen LogP contribution in [0.3, 0.4) is 0 Å². The Balaban J connectivity index is 4.15. The number of unbranched alkanes of at least 4 members (excludes halogenated alkanes) is 10. The minimum Gasteiger partial charge on any atom is -0.462 e. The number of esters is 3. The van der Waals surface area contributed by atoms with Crippen LogP contribution in [-0.2, 0) is 28.6 Å². The maximum Gasteiger partial charge on any atom is 0.306 e. The minimum absolute atomic E-state index is 0.0984. The molecule has 0 aliphatic heterocycles. The van der Waals surface area contributed by atoms with Gasteiger partial charge in [0.05, 0.1) is 0 Å². The van der Waals surface area contributed by atoms with Crippen LogP contribution < -0.4 is 0 Å². The van der Waals surface area contributed by atoms with Crippen molar-refractivity contribution in [1.29, 1.82) is 0 Å². The van der Waals surface area contributed by atoms with Crippen molar-refractivity contribution in [2.24, 2.45) is 0 Å². The van der Waals surface area contributed by atoms with Gasteiger partial charge in [0.25, 0.3) is 0 Å². The van der Waals surface area contributed by atoms with Gasteiger partial charge in [0.2, 0.25) is 0 Å². The maximum absolute atomic E-state index is 12.5. The highest BCUT2D eigenvalue weighted by Gasteiger charge is 2.19. The zero-order valence-electron chi connectivity index (χ0n) is 37.0. The van der Waals surface area contributed by atoms with Crippen LogP contribution in [0.2, 0.25) is 0 Å². The Morgan fingerprint density at radius 1 is 0.362 bits per heavy atom. The van der Waals surface area contributed by atoms with Crippen LogP contribution in [0.4, 0.5) is 0 Å². The van der Waals surface area contributed by atoms with Crippen LogP contribution in [-0.4, -0.2) is 37.2 Å². The average molecular weight is 803 g/mol. The molecule has 6 heteroatoms. The van der Waals surface area contributed by atoms with Crippen LogP contribution >= 0.6 is 0 Å². The third-order valence-corrected chi connectivity index (χ3v) is 9.04. The number of carbonyl (C=O) groups excluding carboxylic acids is 3. The van der Waals surface area contributed by atoms with Gasteiger partial charge in [-0.25, -0.2) is 0 Å². The summed E-state index contributed by atoms with van der Waals surface area (Å²) < 4.78 is 16.4. The van der Waals surface area contributed by atoms with Crippen molar-refractivity contribution in [3.63, 3.8) is 0 Å². The van der Waals surface area contributed by atoms with E-state index in [1.165, 1.54) is 19.3 Å². The smallest absolute Gasteiger partial charge is 0.306 e. The number of ether oxygens (including phenoxy) is 3. The highest BCUT2D eigenvalue weighted by Crippen LogP contribution is 2.11. The van der Waals surface area contributed by atoms with Crippen molar-refractivity contribution in [3.8, 4) is 0 Å². The molecule has 1 unspecified atom stereocenters. The van der Waals surface area contributed by atoms with Gasteiger partial charge in [-0.15, -0.1) is 0 Å². The van der Waals surface area contributed by atoms with Gasteiger partial charge in [-0.1, -0.05) is 188 Å². The summed E-state index contributed by atoms with van der Waals surface area (Å²) in [4.78, 5) is 37.2. The quantitative estimate of drug-likeness (QED) is 0.0267. The van der Waals surface area contributed by atoms with Crippen molar-refractivity contribution in [3.05, 3.63) is 109 Å². The Kier molecular flexibility index (Phi) is 42.7. The number of rotatable bonds is 39. The zero-order valence-corrected chi connectivity index (χ0v) is 37.0. The van der Waals surface area contributed by atoms with E-state index in [2.05, 4.69) is 130 Å². The molecular formula is C52H82O6. The van der Waals surface area contributed by atoms with Crippen LogP contribution in [0.15, 0.2) is 109 Å². The summed E-state index contributed by atoms with van der Waals surface area (Å²) in [5.41, 5.74) is 0. The molecule has 0 aliphatic carbocycles. The first kappa shape index (κ1) is 54.1. The Labute approximate surface area is 355 Å². The molecular weight excluding hydrogens is 721 g/mol. The molecule has 0 spiro atoms. The first-order chi connectivity index (χ1) is 28.5. The van der Waals surface area contributed by atoms with Gasteiger partial charge in [0, 0.05) is 19.3 Å². The molecule has 1 atom stereocenters. The molecule has 6 nitrogen and oxygen atoms in total. The lowest BCUT2D eigenvalue weighted by atomic mass is 10.1. The van der Waals surface area contributed by atoms with Gasteiger partial charge in [-0.2, -0.15) is 0 Å². The van der Waals surface area contributed by atoms with Gasteiger partial charge < -0.3 is 14.2 Å². The number of carbonyl (C=O) groups is 3. The fraction of sp³-hybridized carbons (Fsp3) is 0.596. The average Bonchev–Trinajstić information content (AvgIpc) is 3.22. The molecule has 0 amide bonds. The van der Waals surface area contributed by atoms with E-state index in [0.717, 1.165) is 116 Å². The second kappa shape index (κ2) is 45.8. The van der Waals surface area contributed by atoms with E-state index in [1.54, 1.807) is 0 Å². The van der Waals surface area contributed by atoms with E-state index in [4.69, 9.17) is 14.2 Å². The second-order valence-electron chi connectivity index (χ2n) is 14.6. The van der Waals surface area contributed by atoms with Crippen LogP contribution in [0, 0.1) is 0 Å². The summed E-state index contributed by atoms with van der Waals surface area (Å²) in [6.07, 6.45) is 61.5. The molecule has 0 aromatic heterocycles. The van der Waals surface area contributed by atoms with Crippen LogP contribution in [0.1, 0.15) is 181 Å². The van der Waals surface area contributed by atoms with Crippen LogP contribution in [0.5, 0.6) is 0 Å². The van der Waals surface area contributed by atoms with Gasteiger partial charge >= 0.3 is 17.9 Å². The Morgan fingerprint density at radius 2 is 0.672 bits per heavy atom. The topological polar surface area (TPSA) is 78.9 Å². The summed E-state index contributed by atoms with van der Waals surface area (Å²) in [7, 11) is 0. The number of hydrogen-bond donors (Lipinski definition) is 0. The standard InChI is InChI=1S/C52H82O6/c1-4-7-10-13-15-16-17-18-19-20-21-22-23-24-25-26-27-28-29-30-31-32-33-34-35-36-37-40-42-45-51(54)57-48-49(47-56-50(53)44-41-38-12-9-6-3)58-52(55)46-43-39-14-11-8-5-2/h7,10,15-16,18-19,21-22,24-25,27-28,30-31,33-34,36-37,49H,4-6,8-9,11-14,17,20,23,26,29,32,35,38-48H2,1-3H3/b10-7-,16-15-,19-18-,22-21-,25-24-,28-27-,31-30-,34-33-,37-36-. The molecule has 0 rings (SSSR count). The van der Waals surface area contributed by atoms with E-state index < -0.39 is 6.10 Å². The lowest BCUT2D eigenvalue weighted by Gasteiger charge is -2.18. The first-order valence-electron chi connectivity index (χ1n) is 22.9. The molecule has 58 heavy (non-hydrogen) atoms. The Bertz CT molecular complexity index is 1240. The molecule has 0 aromatic rings. The van der Waals surface area contributed by atoms with Crippen LogP contribution in [0.25, 0.3) is 0 Å². The molecule has 0 aliphatic rings. The second-order valence-corrected chi connectivity index (χ2v) is 14.6. The Hall–Kier alpha value is -3.93. The maximum atomic E-state index is 12.5. The van der Waals surface area contributed by atoms with Gasteiger partial charge in [-0.05, 0) is 83.5 Å². The van der Waals surface area contributed by atoms with E-state index in [1.807, 2.05) is 0 Å². The predicted octanol–water partition coefficient (Wildman–Crippen LogP) is 14.8. The highest BCUT2D eigenvalue weighted by molar-refractivity contribution is 5.71. The zero-order chi connectivity index (χ0) is 42.3. The van der Waals surface area contributed by atoms with Gasteiger partial charge in [-0.3, -0.25) is 14.4 Å². The summed E-state index contributed by atoms with van der Waals surface area (Å²) >= 11 is 0. The normalized spacial score (nSPS) is 13.1. The fourth-order valence-electron chi connectivity index (χ4n) is 5.62. The SMILES string of the molecule is CC/C=C\C/C=C\C/C=C\C/C=C\C/C=C\C/C=C\C/C=C\C/C=C\C/C=C\CCCC(=O)OCC(COC(=O)CCCCCCC)OC(=O)CCCCCCCC. The highest BCUT2D eigenvalue weighted by atomic mass is 16.6. The molecule has 0 aromatic carbocycles. The summed E-state index contributed by atoms with van der Waals surface area (Å²) in [6.45, 7) is 6.28. The molecule has 0 heterocycles. The fourth-order valence-corrected chi connectivity index (χ4v) is 5.62. The van der Waals surface area contributed by atoms with Crippen molar-refractivity contribution in [1.82, 2.24) is 0 Å². The Morgan fingerprint density at radius 3 is 1.05 bits per heavy atom. The van der Waals surface area contributed by atoms with E-state index in [-0.39, 0.29) is 37.5 Å². The summed E-state index contributed by atoms with van der Waals surface area (Å²) in [5.74, 6) is -0.999. The van der Waals surface area contributed by atoms with E-state index in [9.17, 15) is 14.4 Å². The van der Waals surface area contributed by atoms with E-state index in [0.29, 0.717) is 19.3 Å². The molecule has 0 saturated heterocycles. The van der Waals surface area contributed by atoms with Crippen molar-refractivity contribution in [2.75, 3.05) is 13.2 Å². The molecule has 0 N–H and O–H groups in total. The molecule has 326 valence electrons. The number of allylic oxidation sites excluding steroid dienone is 18. The third kappa shape index (κ3) is 43.2. The molecule has 0 radical (unpaired) electrons. The lowest BCUT2D eigenvalue weighted by Crippen LogP contribution is -2.30. The summed E-state index contributed by atoms with van der Waals surface area (Å²) in [6, 6.07) is 0. The lowest BCUT2D eigenvalue weighted by molar-refractivity contribution is -0.167. The summed E-state index contributed by atoms with van der Waals surface area (Å²) in [5, 5.41) is 0. The third-order valence-electron chi connectivity index (χ3n) is 9.04. The monoisotopic (exact) mass is 803 g/mol. The van der Waals surface area contributed by atoms with Crippen molar-refractivity contribution >= 4 is 17.9 Å². The van der Waals surface area contributed by atoms with Crippen molar-refractivity contribution in [2.45, 2.75) is 187 Å². The molecule has 0 fully saturated rings. The molecule has 0 saturated carbocycles. The van der Waals surface area contributed by atoms with Gasteiger partial charge in [0.15, 0.2) is 6.10 Å². The van der Waals surface area contributed by atoms with Gasteiger partial charge in [0.1, 0.15) is 13.2 Å².